The molecule has 0 aliphatic carbocycles. The van der Waals surface area contributed by atoms with Gasteiger partial charge in [0.15, 0.2) is 0 Å². The number of ether oxygens (including phenoxy) is 1. The number of hydrogen-bond acceptors (Lipinski definition) is 3. The van der Waals surface area contributed by atoms with Crippen molar-refractivity contribution in [2.45, 2.75) is 6.42 Å². The van der Waals surface area contributed by atoms with Crippen molar-refractivity contribution in [2.75, 3.05) is 33.1 Å². The van der Waals surface area contributed by atoms with Crippen molar-refractivity contribution >= 4 is 11.7 Å². The summed E-state index contributed by atoms with van der Waals surface area (Å²) in [7, 11) is 4.86. The van der Waals surface area contributed by atoms with Gasteiger partial charge in [-0.05, 0) is 18.2 Å². The van der Waals surface area contributed by atoms with E-state index in [9.17, 15) is 4.79 Å². The normalized spacial score (nSPS) is 9.26. The Morgan fingerprint density at radius 3 is 2.79 bits per heavy atom. The number of aliphatic hydroxyl groups is 1. The van der Waals surface area contributed by atoms with E-state index in [-0.39, 0.29) is 12.6 Å². The maximum absolute atomic E-state index is 11.6. The molecule has 0 unspecified atom stereocenters. The number of carbonyl (C=O) groups excluding carboxylic acids is 1. The smallest absolute Gasteiger partial charge is 0.321 e. The second-order valence-corrected chi connectivity index (χ2v) is 4.02. The third-order valence-corrected chi connectivity index (χ3v) is 2.32. The van der Waals surface area contributed by atoms with Crippen molar-refractivity contribution < 1.29 is 14.6 Å². The molecule has 0 saturated heterocycles. The molecule has 1 aromatic carbocycles. The number of aliphatic hydroxyl groups excluding tert-OH is 1. The molecule has 1 aromatic rings. The van der Waals surface area contributed by atoms with Gasteiger partial charge in [0.1, 0.15) is 5.75 Å². The fourth-order valence-electron chi connectivity index (χ4n) is 1.33. The summed E-state index contributed by atoms with van der Waals surface area (Å²) >= 11 is 0. The quantitative estimate of drug-likeness (QED) is 0.812. The largest absolute Gasteiger partial charge is 0.495 e. The van der Waals surface area contributed by atoms with Crippen LogP contribution in [0, 0.1) is 11.8 Å². The van der Waals surface area contributed by atoms with Gasteiger partial charge < -0.3 is 20.1 Å². The minimum Gasteiger partial charge on any atom is -0.495 e. The van der Waals surface area contributed by atoms with Gasteiger partial charge in [-0.25, -0.2) is 4.79 Å². The first-order valence-electron chi connectivity index (χ1n) is 5.84. The van der Waals surface area contributed by atoms with Crippen LogP contribution in [0.5, 0.6) is 5.75 Å². The highest BCUT2D eigenvalue weighted by atomic mass is 16.5. The molecule has 0 saturated carbocycles. The predicted molar refractivity (Wildman–Crippen MR) is 74.3 cm³/mol. The molecule has 0 atom stereocenters. The average molecular weight is 262 g/mol. The molecule has 0 heterocycles. The van der Waals surface area contributed by atoms with Gasteiger partial charge in [-0.3, -0.25) is 0 Å². The van der Waals surface area contributed by atoms with Gasteiger partial charge in [0.2, 0.25) is 0 Å². The van der Waals surface area contributed by atoms with Crippen LogP contribution in [0.4, 0.5) is 10.5 Å². The van der Waals surface area contributed by atoms with Crippen LogP contribution in [-0.2, 0) is 0 Å². The van der Waals surface area contributed by atoms with Crippen LogP contribution in [0.1, 0.15) is 12.0 Å². The molecule has 5 nitrogen and oxygen atoms in total. The first kappa shape index (κ1) is 14.9. The Labute approximate surface area is 113 Å². The van der Waals surface area contributed by atoms with Crippen molar-refractivity contribution in [3.63, 3.8) is 0 Å². The van der Waals surface area contributed by atoms with Crippen molar-refractivity contribution in [3.05, 3.63) is 23.8 Å². The first-order chi connectivity index (χ1) is 9.08. The number of nitrogens with one attached hydrogen (secondary N) is 1. The lowest BCUT2D eigenvalue weighted by Gasteiger charge is -2.14. The van der Waals surface area contributed by atoms with E-state index in [0.29, 0.717) is 17.9 Å². The minimum atomic E-state index is -0.237. The Bertz CT molecular complexity index is 501. The zero-order valence-corrected chi connectivity index (χ0v) is 11.4. The Hall–Kier alpha value is -2.19. The highest BCUT2D eigenvalue weighted by molar-refractivity contribution is 5.90. The van der Waals surface area contributed by atoms with E-state index < -0.39 is 0 Å². The van der Waals surface area contributed by atoms with Gasteiger partial charge in [0, 0.05) is 26.1 Å². The standard InChI is InChI=1S/C14H18N2O3/c1-16(2)14(18)15-12-10-11(6-4-5-9-17)7-8-13(12)19-3/h7-8,10,17H,5,9H2,1-3H3,(H,15,18). The van der Waals surface area contributed by atoms with E-state index >= 15 is 0 Å². The average Bonchev–Trinajstić information content (AvgIpc) is 2.39. The van der Waals surface area contributed by atoms with Gasteiger partial charge in [-0.15, -0.1) is 0 Å². The monoisotopic (exact) mass is 262 g/mol. The summed E-state index contributed by atoms with van der Waals surface area (Å²) in [4.78, 5) is 13.1. The number of carbonyl (C=O) groups is 1. The molecule has 102 valence electrons. The summed E-state index contributed by atoms with van der Waals surface area (Å²) in [5, 5.41) is 11.4. The van der Waals surface area contributed by atoms with Crippen LogP contribution in [0.25, 0.3) is 0 Å². The number of nitrogens with zero attached hydrogens (tertiary/aromatic N) is 1. The fraction of sp³-hybridized carbons (Fsp3) is 0.357. The number of amides is 2. The molecule has 0 aliphatic heterocycles. The molecule has 1 rings (SSSR count). The van der Waals surface area contributed by atoms with Crippen LogP contribution >= 0.6 is 0 Å². The number of urea groups is 1. The van der Waals surface area contributed by atoms with E-state index in [2.05, 4.69) is 17.2 Å². The highest BCUT2D eigenvalue weighted by Gasteiger charge is 2.09. The van der Waals surface area contributed by atoms with E-state index in [1.54, 1.807) is 32.3 Å². The molecular weight excluding hydrogens is 244 g/mol. The Morgan fingerprint density at radius 2 is 2.21 bits per heavy atom. The highest BCUT2D eigenvalue weighted by Crippen LogP contribution is 2.25. The van der Waals surface area contributed by atoms with Crippen molar-refractivity contribution in [3.8, 4) is 17.6 Å². The third kappa shape index (κ3) is 4.53. The van der Waals surface area contributed by atoms with Gasteiger partial charge in [0.05, 0.1) is 19.4 Å². The maximum atomic E-state index is 11.6. The van der Waals surface area contributed by atoms with Gasteiger partial charge in [-0.2, -0.15) is 0 Å². The lowest BCUT2D eigenvalue weighted by atomic mass is 10.2. The molecule has 0 aromatic heterocycles. The van der Waals surface area contributed by atoms with Gasteiger partial charge >= 0.3 is 6.03 Å². The summed E-state index contributed by atoms with van der Waals surface area (Å²) in [5.41, 5.74) is 1.32. The number of rotatable bonds is 3. The van der Waals surface area contributed by atoms with Crippen molar-refractivity contribution in [1.29, 1.82) is 0 Å². The maximum Gasteiger partial charge on any atom is 0.321 e. The SMILES string of the molecule is COc1ccc(C#CCCO)cc1NC(=O)N(C)C. The van der Waals surface area contributed by atoms with Crippen molar-refractivity contribution in [1.82, 2.24) is 4.90 Å². The molecule has 19 heavy (non-hydrogen) atoms. The molecule has 0 fully saturated rings. The van der Waals surface area contributed by atoms with E-state index in [1.807, 2.05) is 0 Å². The zero-order valence-electron chi connectivity index (χ0n) is 11.4. The molecule has 5 heteroatoms. The van der Waals surface area contributed by atoms with Crippen LogP contribution < -0.4 is 10.1 Å². The summed E-state index contributed by atoms with van der Waals surface area (Å²) in [6.45, 7) is 0.0351. The number of methoxy groups -OCH3 is 1. The lowest BCUT2D eigenvalue weighted by molar-refractivity contribution is 0.230. The van der Waals surface area contributed by atoms with E-state index in [0.717, 1.165) is 5.56 Å². The Morgan fingerprint density at radius 1 is 1.47 bits per heavy atom. The summed E-state index contributed by atoms with van der Waals surface area (Å²) in [5.74, 6) is 6.31. The molecule has 0 aliphatic rings. The van der Waals surface area contributed by atoms with Crippen LogP contribution in [0.3, 0.4) is 0 Å². The topological polar surface area (TPSA) is 61.8 Å². The minimum absolute atomic E-state index is 0.0351. The first-order valence-corrected chi connectivity index (χ1v) is 5.84. The van der Waals surface area contributed by atoms with Crippen LogP contribution in [0.2, 0.25) is 0 Å². The van der Waals surface area contributed by atoms with Crippen molar-refractivity contribution in [2.24, 2.45) is 0 Å². The van der Waals surface area contributed by atoms with Gasteiger partial charge in [-0.1, -0.05) is 11.8 Å². The fourth-order valence-corrected chi connectivity index (χ4v) is 1.33. The molecule has 0 bridgehead atoms. The molecular formula is C14H18N2O3. The molecule has 0 spiro atoms. The summed E-state index contributed by atoms with van der Waals surface area (Å²) in [6, 6.07) is 5.05. The van der Waals surface area contributed by atoms with E-state index in [1.165, 1.54) is 12.0 Å². The third-order valence-electron chi connectivity index (χ3n) is 2.32. The zero-order chi connectivity index (χ0) is 14.3. The summed E-state index contributed by atoms with van der Waals surface area (Å²) < 4.78 is 5.19. The molecule has 2 N–H and O–H groups in total. The number of benzene rings is 1. The Balaban J connectivity index is 2.97. The molecule has 2 amide bonds. The Kier molecular flexibility index (Phi) is 5.71. The second-order valence-electron chi connectivity index (χ2n) is 4.02. The molecule has 0 radical (unpaired) electrons. The van der Waals surface area contributed by atoms with Gasteiger partial charge in [0.25, 0.3) is 0 Å². The summed E-state index contributed by atoms with van der Waals surface area (Å²) in [6.07, 6.45) is 0.422. The number of hydrogen-bond donors (Lipinski definition) is 2. The second kappa shape index (κ2) is 7.29. The number of anilines is 1. The lowest BCUT2D eigenvalue weighted by Crippen LogP contribution is -2.27. The van der Waals surface area contributed by atoms with Crippen LogP contribution in [0.15, 0.2) is 18.2 Å². The van der Waals surface area contributed by atoms with Crippen LogP contribution in [-0.4, -0.2) is 43.8 Å². The predicted octanol–water partition coefficient (Wildman–Crippen LogP) is 1.52. The van der Waals surface area contributed by atoms with E-state index in [4.69, 9.17) is 9.84 Å².